The molecule has 1 aromatic rings. The Morgan fingerprint density at radius 2 is 2.00 bits per heavy atom. The maximum absolute atomic E-state index is 12.5. The normalized spacial score (nSPS) is 19.1. The second kappa shape index (κ2) is 5.48. The van der Waals surface area contributed by atoms with Crippen molar-refractivity contribution in [3.63, 3.8) is 0 Å². The van der Waals surface area contributed by atoms with Gasteiger partial charge in [0.05, 0.1) is 0 Å². The fourth-order valence-corrected chi connectivity index (χ4v) is 2.61. The lowest BCUT2D eigenvalue weighted by Gasteiger charge is -2.27. The summed E-state index contributed by atoms with van der Waals surface area (Å²) in [4.78, 5) is 16.3. The van der Waals surface area contributed by atoms with E-state index in [0.29, 0.717) is 6.54 Å². The lowest BCUT2D eigenvalue weighted by Crippen LogP contribution is -2.41. The Morgan fingerprint density at radius 1 is 1.37 bits per heavy atom. The molecule has 5 nitrogen and oxygen atoms in total. The number of amides is 1. The first-order valence-electron chi connectivity index (χ1n) is 6.47. The lowest BCUT2D eigenvalue weighted by molar-refractivity contribution is 0.0710. The van der Waals surface area contributed by atoms with Gasteiger partial charge in [0.25, 0.3) is 5.91 Å². The van der Waals surface area contributed by atoms with Gasteiger partial charge in [0.2, 0.25) is 0 Å². The number of hydrogen-bond donors (Lipinski definition) is 2. The van der Waals surface area contributed by atoms with Crippen LogP contribution in [0.3, 0.4) is 0 Å². The van der Waals surface area contributed by atoms with E-state index in [-0.39, 0.29) is 29.0 Å². The summed E-state index contributed by atoms with van der Waals surface area (Å²) in [6.07, 6.45) is 1.91. The zero-order chi connectivity index (χ0) is 14.0. The van der Waals surface area contributed by atoms with E-state index in [4.69, 9.17) is 0 Å². The van der Waals surface area contributed by atoms with E-state index < -0.39 is 0 Å². The van der Waals surface area contributed by atoms with Crippen LogP contribution in [0.5, 0.6) is 11.5 Å². The maximum Gasteiger partial charge on any atom is 0.261 e. The average molecular weight is 264 g/mol. The molecule has 1 saturated heterocycles. The quantitative estimate of drug-likeness (QED) is 0.863. The van der Waals surface area contributed by atoms with Gasteiger partial charge in [-0.2, -0.15) is 0 Å². The highest BCUT2D eigenvalue weighted by molar-refractivity contribution is 5.99. The molecule has 19 heavy (non-hydrogen) atoms. The molecule has 1 aliphatic rings. The van der Waals surface area contributed by atoms with E-state index in [2.05, 4.69) is 0 Å². The molecule has 1 heterocycles. The number of phenolic OH excluding ortho intramolecular Hbond substituents is 2. The number of aromatic hydroxyl groups is 2. The van der Waals surface area contributed by atoms with Crippen molar-refractivity contribution in [2.75, 3.05) is 27.2 Å². The van der Waals surface area contributed by atoms with Crippen LogP contribution in [0.25, 0.3) is 0 Å². The maximum atomic E-state index is 12.5. The van der Waals surface area contributed by atoms with E-state index in [1.165, 1.54) is 18.2 Å². The molecule has 2 N–H and O–H groups in total. The van der Waals surface area contributed by atoms with Crippen LogP contribution in [0.2, 0.25) is 0 Å². The Kier molecular flexibility index (Phi) is 3.95. The molecule has 0 aromatic heterocycles. The zero-order valence-electron chi connectivity index (χ0n) is 11.3. The van der Waals surface area contributed by atoms with Gasteiger partial charge in [-0.1, -0.05) is 6.07 Å². The van der Waals surface area contributed by atoms with Crippen molar-refractivity contribution in [1.82, 2.24) is 9.80 Å². The van der Waals surface area contributed by atoms with Crippen molar-refractivity contribution in [1.29, 1.82) is 0 Å². The Balaban J connectivity index is 2.23. The van der Waals surface area contributed by atoms with E-state index >= 15 is 0 Å². The Labute approximate surface area is 113 Å². The minimum Gasteiger partial charge on any atom is -0.507 e. The van der Waals surface area contributed by atoms with Gasteiger partial charge in [0, 0.05) is 19.1 Å². The van der Waals surface area contributed by atoms with Gasteiger partial charge < -0.3 is 20.0 Å². The molecular weight excluding hydrogens is 244 g/mol. The zero-order valence-corrected chi connectivity index (χ0v) is 11.3. The smallest absolute Gasteiger partial charge is 0.261 e. The van der Waals surface area contributed by atoms with Gasteiger partial charge in [0.1, 0.15) is 17.1 Å². The number of benzene rings is 1. The van der Waals surface area contributed by atoms with Crippen LogP contribution in [0.1, 0.15) is 23.2 Å². The van der Waals surface area contributed by atoms with Crippen LogP contribution in [-0.4, -0.2) is 59.1 Å². The molecule has 1 amide bonds. The van der Waals surface area contributed by atoms with Crippen LogP contribution < -0.4 is 0 Å². The topological polar surface area (TPSA) is 64.0 Å². The predicted octanol–water partition coefficient (Wildman–Crippen LogP) is 1.26. The summed E-state index contributed by atoms with van der Waals surface area (Å²) in [6.45, 7) is 1.46. The van der Waals surface area contributed by atoms with Crippen molar-refractivity contribution in [3.05, 3.63) is 23.8 Å². The SMILES string of the molecule is CN(C)CC1CCCN1C(=O)c1c(O)cccc1O. The van der Waals surface area contributed by atoms with Crippen LogP contribution in [0, 0.1) is 0 Å². The molecule has 104 valence electrons. The standard InChI is InChI=1S/C14H20N2O3/c1-15(2)9-10-5-4-8-16(10)14(19)13-11(17)6-3-7-12(13)18/h3,6-7,10,17-18H,4-5,8-9H2,1-2H3. The van der Waals surface area contributed by atoms with Crippen LogP contribution in [-0.2, 0) is 0 Å². The lowest BCUT2D eigenvalue weighted by atomic mass is 10.1. The molecule has 5 heteroatoms. The second-order valence-electron chi connectivity index (χ2n) is 5.23. The monoisotopic (exact) mass is 264 g/mol. The Hall–Kier alpha value is -1.75. The van der Waals surface area contributed by atoms with Gasteiger partial charge in [0.15, 0.2) is 0 Å². The fourth-order valence-electron chi connectivity index (χ4n) is 2.61. The van der Waals surface area contributed by atoms with E-state index in [0.717, 1.165) is 19.4 Å². The van der Waals surface area contributed by atoms with Crippen molar-refractivity contribution >= 4 is 5.91 Å². The molecule has 1 atom stereocenters. The van der Waals surface area contributed by atoms with Crippen LogP contribution in [0.15, 0.2) is 18.2 Å². The van der Waals surface area contributed by atoms with Gasteiger partial charge in [-0.05, 0) is 39.1 Å². The first-order valence-corrected chi connectivity index (χ1v) is 6.47. The molecule has 1 fully saturated rings. The summed E-state index contributed by atoms with van der Waals surface area (Å²) in [7, 11) is 3.94. The molecule has 0 bridgehead atoms. The number of likely N-dealkylation sites (N-methyl/N-ethyl adjacent to an activating group) is 1. The molecule has 0 spiro atoms. The first-order chi connectivity index (χ1) is 9.00. The number of phenols is 2. The third-order valence-corrected chi connectivity index (χ3v) is 3.45. The highest BCUT2D eigenvalue weighted by Crippen LogP contribution is 2.30. The fraction of sp³-hybridized carbons (Fsp3) is 0.500. The van der Waals surface area contributed by atoms with Gasteiger partial charge in [-0.3, -0.25) is 4.79 Å². The molecule has 0 radical (unpaired) electrons. The summed E-state index contributed by atoms with van der Waals surface area (Å²) < 4.78 is 0. The number of rotatable bonds is 3. The molecule has 0 saturated carbocycles. The summed E-state index contributed by atoms with van der Waals surface area (Å²) in [5.41, 5.74) is 0.00755. The largest absolute Gasteiger partial charge is 0.507 e. The molecular formula is C14H20N2O3. The average Bonchev–Trinajstić information content (AvgIpc) is 2.75. The third kappa shape index (κ3) is 2.81. The van der Waals surface area contributed by atoms with E-state index in [9.17, 15) is 15.0 Å². The minimum absolute atomic E-state index is 0.00755. The number of carbonyl (C=O) groups excluding carboxylic acids is 1. The predicted molar refractivity (Wildman–Crippen MR) is 72.4 cm³/mol. The Bertz CT molecular complexity index is 454. The van der Waals surface area contributed by atoms with Crippen molar-refractivity contribution < 1.29 is 15.0 Å². The summed E-state index contributed by atoms with van der Waals surface area (Å²) in [5.74, 6) is -0.624. The third-order valence-electron chi connectivity index (χ3n) is 3.45. The molecule has 1 aliphatic heterocycles. The molecule has 1 unspecified atom stereocenters. The Morgan fingerprint density at radius 3 is 2.58 bits per heavy atom. The number of hydrogen-bond acceptors (Lipinski definition) is 4. The number of carbonyl (C=O) groups is 1. The van der Waals surface area contributed by atoms with E-state index in [1.807, 2.05) is 19.0 Å². The number of likely N-dealkylation sites (tertiary alicyclic amines) is 1. The summed E-state index contributed by atoms with van der Waals surface area (Å²) in [6, 6.07) is 4.50. The van der Waals surface area contributed by atoms with Crippen LogP contribution >= 0.6 is 0 Å². The van der Waals surface area contributed by atoms with Gasteiger partial charge in [-0.15, -0.1) is 0 Å². The minimum atomic E-state index is -0.292. The van der Waals surface area contributed by atoms with Gasteiger partial charge in [-0.25, -0.2) is 0 Å². The van der Waals surface area contributed by atoms with Gasteiger partial charge >= 0.3 is 0 Å². The second-order valence-corrected chi connectivity index (χ2v) is 5.23. The molecule has 0 aliphatic carbocycles. The first kappa shape index (κ1) is 13.7. The molecule has 2 rings (SSSR count). The highest BCUT2D eigenvalue weighted by atomic mass is 16.3. The molecule has 1 aromatic carbocycles. The number of nitrogens with zero attached hydrogens (tertiary/aromatic N) is 2. The highest BCUT2D eigenvalue weighted by Gasteiger charge is 2.32. The van der Waals surface area contributed by atoms with Crippen molar-refractivity contribution in [2.24, 2.45) is 0 Å². The van der Waals surface area contributed by atoms with Crippen molar-refractivity contribution in [3.8, 4) is 11.5 Å². The summed E-state index contributed by atoms with van der Waals surface area (Å²) in [5, 5.41) is 19.5. The summed E-state index contributed by atoms with van der Waals surface area (Å²) >= 11 is 0. The van der Waals surface area contributed by atoms with Crippen molar-refractivity contribution in [2.45, 2.75) is 18.9 Å². The van der Waals surface area contributed by atoms with E-state index in [1.54, 1.807) is 4.90 Å². The van der Waals surface area contributed by atoms with Crippen LogP contribution in [0.4, 0.5) is 0 Å².